The van der Waals surface area contributed by atoms with Crippen molar-refractivity contribution in [3.05, 3.63) is 59.7 Å². The molecule has 3 aromatic rings. The predicted molar refractivity (Wildman–Crippen MR) is 75.7 cm³/mol. The van der Waals surface area contributed by atoms with Crippen LogP contribution in [0.1, 0.15) is 22.9 Å². The summed E-state index contributed by atoms with van der Waals surface area (Å²) in [6.45, 7) is 2.03. The molecular weight excluding hydrogens is 236 g/mol. The molecule has 3 rings (SSSR count). The van der Waals surface area contributed by atoms with E-state index in [0.717, 1.165) is 27.6 Å². The lowest BCUT2D eigenvalue weighted by atomic mass is 9.96. The summed E-state index contributed by atoms with van der Waals surface area (Å²) in [5, 5.41) is 6.52. The van der Waals surface area contributed by atoms with Gasteiger partial charge >= 0.3 is 0 Å². The second-order valence-corrected chi connectivity index (χ2v) is 4.73. The van der Waals surface area contributed by atoms with E-state index in [9.17, 15) is 0 Å². The van der Waals surface area contributed by atoms with Crippen molar-refractivity contribution in [1.29, 1.82) is 0 Å². The van der Waals surface area contributed by atoms with Gasteiger partial charge in [0, 0.05) is 36.1 Å². The van der Waals surface area contributed by atoms with Crippen molar-refractivity contribution in [1.82, 2.24) is 14.8 Å². The number of rotatable bonds is 2. The van der Waals surface area contributed by atoms with Crippen molar-refractivity contribution in [2.45, 2.75) is 13.0 Å². The largest absolute Gasteiger partial charge is 0.320 e. The Labute approximate surface area is 111 Å². The minimum Gasteiger partial charge on any atom is -0.320 e. The molecule has 0 aliphatic rings. The van der Waals surface area contributed by atoms with Crippen molar-refractivity contribution in [3.63, 3.8) is 0 Å². The smallest absolute Gasteiger partial charge is 0.0592 e. The van der Waals surface area contributed by atoms with E-state index in [-0.39, 0.29) is 6.04 Å². The first-order valence-electron chi connectivity index (χ1n) is 6.25. The molecule has 0 amide bonds. The number of nitrogens with zero attached hydrogens (tertiary/aromatic N) is 3. The maximum absolute atomic E-state index is 6.42. The molecule has 0 bridgehead atoms. The molecule has 4 nitrogen and oxygen atoms in total. The molecule has 1 aromatic carbocycles. The summed E-state index contributed by atoms with van der Waals surface area (Å²) in [5.74, 6) is 0. The van der Waals surface area contributed by atoms with Gasteiger partial charge in [0.1, 0.15) is 0 Å². The highest BCUT2D eigenvalue weighted by molar-refractivity contribution is 5.85. The lowest BCUT2D eigenvalue weighted by Gasteiger charge is -2.14. The molecule has 1 unspecified atom stereocenters. The zero-order valence-corrected chi connectivity index (χ0v) is 11.0. The predicted octanol–water partition coefficient (Wildman–Crippen LogP) is 2.32. The Morgan fingerprint density at radius 3 is 2.74 bits per heavy atom. The third-order valence-electron chi connectivity index (χ3n) is 3.66. The number of aryl methyl sites for hydroxylation is 1. The lowest BCUT2D eigenvalue weighted by molar-refractivity contribution is 0.734. The lowest BCUT2D eigenvalue weighted by Crippen LogP contribution is -2.13. The molecule has 0 aliphatic heterocycles. The van der Waals surface area contributed by atoms with Gasteiger partial charge < -0.3 is 5.73 Å². The van der Waals surface area contributed by atoms with Crippen LogP contribution >= 0.6 is 0 Å². The van der Waals surface area contributed by atoms with Gasteiger partial charge in [0.05, 0.1) is 12.2 Å². The van der Waals surface area contributed by atoms with Crippen LogP contribution in [0, 0.1) is 6.92 Å². The zero-order chi connectivity index (χ0) is 13.4. The van der Waals surface area contributed by atoms with Gasteiger partial charge in [-0.3, -0.25) is 9.67 Å². The Morgan fingerprint density at radius 2 is 2.00 bits per heavy atom. The topological polar surface area (TPSA) is 56.7 Å². The molecule has 0 saturated heterocycles. The molecule has 0 aliphatic carbocycles. The van der Waals surface area contributed by atoms with Crippen molar-refractivity contribution in [3.8, 4) is 0 Å². The third-order valence-corrected chi connectivity index (χ3v) is 3.66. The maximum atomic E-state index is 6.42. The molecule has 96 valence electrons. The zero-order valence-electron chi connectivity index (χ0n) is 11.0. The first kappa shape index (κ1) is 11.9. The van der Waals surface area contributed by atoms with Crippen LogP contribution in [0.2, 0.25) is 0 Å². The number of pyridine rings is 1. The van der Waals surface area contributed by atoms with E-state index in [0.29, 0.717) is 0 Å². The second kappa shape index (κ2) is 4.48. The molecule has 1 atom stereocenters. The molecule has 19 heavy (non-hydrogen) atoms. The Morgan fingerprint density at radius 1 is 1.16 bits per heavy atom. The molecule has 0 radical (unpaired) electrons. The highest BCUT2D eigenvalue weighted by Crippen LogP contribution is 2.27. The Hall–Kier alpha value is -2.20. The highest BCUT2D eigenvalue weighted by Gasteiger charge is 2.16. The summed E-state index contributed by atoms with van der Waals surface area (Å²) >= 11 is 0. The van der Waals surface area contributed by atoms with Crippen LogP contribution in [0.4, 0.5) is 0 Å². The summed E-state index contributed by atoms with van der Waals surface area (Å²) < 4.78 is 1.85. The van der Waals surface area contributed by atoms with E-state index in [1.54, 1.807) is 6.20 Å². The van der Waals surface area contributed by atoms with Crippen molar-refractivity contribution in [2.75, 3.05) is 0 Å². The summed E-state index contributed by atoms with van der Waals surface area (Å²) in [6.07, 6.45) is 5.51. The van der Waals surface area contributed by atoms with Crippen LogP contribution in [-0.4, -0.2) is 14.8 Å². The SMILES string of the molecule is Cc1c(C(N)c2cccc3ccncc23)cnn1C. The molecule has 2 heterocycles. The van der Waals surface area contributed by atoms with Crippen LogP contribution in [0.3, 0.4) is 0 Å². The summed E-state index contributed by atoms with van der Waals surface area (Å²) in [4.78, 5) is 4.20. The first-order chi connectivity index (χ1) is 9.18. The minimum absolute atomic E-state index is 0.179. The van der Waals surface area contributed by atoms with Gasteiger partial charge in [-0.2, -0.15) is 5.10 Å². The first-order valence-corrected chi connectivity index (χ1v) is 6.25. The van der Waals surface area contributed by atoms with E-state index in [1.807, 2.05) is 43.2 Å². The van der Waals surface area contributed by atoms with Crippen molar-refractivity contribution >= 4 is 10.8 Å². The Kier molecular flexibility index (Phi) is 2.80. The van der Waals surface area contributed by atoms with Gasteiger partial charge in [0.15, 0.2) is 0 Å². The molecule has 2 aromatic heterocycles. The average molecular weight is 252 g/mol. The summed E-state index contributed by atoms with van der Waals surface area (Å²) in [7, 11) is 1.93. The maximum Gasteiger partial charge on any atom is 0.0592 e. The van der Waals surface area contributed by atoms with Crippen LogP contribution in [0.25, 0.3) is 10.8 Å². The van der Waals surface area contributed by atoms with Crippen molar-refractivity contribution < 1.29 is 0 Å². The quantitative estimate of drug-likeness (QED) is 0.761. The van der Waals surface area contributed by atoms with E-state index in [2.05, 4.69) is 22.2 Å². The molecule has 0 spiro atoms. The van der Waals surface area contributed by atoms with E-state index >= 15 is 0 Å². The van der Waals surface area contributed by atoms with Gasteiger partial charge in [-0.05, 0) is 23.9 Å². The third kappa shape index (κ3) is 1.90. The monoisotopic (exact) mass is 252 g/mol. The fraction of sp³-hybridized carbons (Fsp3) is 0.200. The molecular formula is C15H16N4. The average Bonchev–Trinajstić information content (AvgIpc) is 2.78. The van der Waals surface area contributed by atoms with Crippen LogP contribution in [0.5, 0.6) is 0 Å². The summed E-state index contributed by atoms with van der Waals surface area (Å²) in [5.41, 5.74) is 9.65. The van der Waals surface area contributed by atoms with Gasteiger partial charge in [-0.1, -0.05) is 18.2 Å². The van der Waals surface area contributed by atoms with Crippen LogP contribution < -0.4 is 5.73 Å². The minimum atomic E-state index is -0.179. The number of aromatic nitrogens is 3. The fourth-order valence-corrected chi connectivity index (χ4v) is 2.40. The number of hydrogen-bond acceptors (Lipinski definition) is 3. The van der Waals surface area contributed by atoms with Crippen molar-refractivity contribution in [2.24, 2.45) is 12.8 Å². The highest BCUT2D eigenvalue weighted by atomic mass is 15.3. The fourth-order valence-electron chi connectivity index (χ4n) is 2.40. The summed E-state index contributed by atoms with van der Waals surface area (Å²) in [6, 6.07) is 7.98. The molecule has 4 heteroatoms. The van der Waals surface area contributed by atoms with E-state index < -0.39 is 0 Å². The van der Waals surface area contributed by atoms with Crippen LogP contribution in [-0.2, 0) is 7.05 Å². The molecule has 0 fully saturated rings. The molecule has 2 N–H and O–H groups in total. The van der Waals surface area contributed by atoms with E-state index in [1.165, 1.54) is 0 Å². The van der Waals surface area contributed by atoms with E-state index in [4.69, 9.17) is 5.73 Å². The van der Waals surface area contributed by atoms with Gasteiger partial charge in [-0.25, -0.2) is 0 Å². The second-order valence-electron chi connectivity index (χ2n) is 4.73. The van der Waals surface area contributed by atoms with Gasteiger partial charge in [-0.15, -0.1) is 0 Å². The number of fused-ring (bicyclic) bond motifs is 1. The normalized spacial score (nSPS) is 12.8. The Bertz CT molecular complexity index is 725. The van der Waals surface area contributed by atoms with Crippen LogP contribution in [0.15, 0.2) is 42.9 Å². The van der Waals surface area contributed by atoms with Gasteiger partial charge in [0.2, 0.25) is 0 Å². The Balaban J connectivity index is 2.17. The number of hydrogen-bond donors (Lipinski definition) is 1. The standard InChI is InChI=1S/C15H16N4/c1-10-13(9-18-19(10)2)15(16)12-5-3-4-11-6-7-17-8-14(11)12/h3-9,15H,16H2,1-2H3. The number of nitrogens with two attached hydrogens (primary N) is 1. The van der Waals surface area contributed by atoms with Gasteiger partial charge in [0.25, 0.3) is 0 Å². The molecule has 0 saturated carbocycles. The number of benzene rings is 1.